The Morgan fingerprint density at radius 3 is 2.38 bits per heavy atom. The number of pyridine rings is 1. The van der Waals surface area contributed by atoms with Crippen LogP contribution in [0.2, 0.25) is 0 Å². The Hall–Kier alpha value is -3.27. The molecule has 0 saturated heterocycles. The number of fused-ring (bicyclic) bond motifs is 6. The number of nitrogens with zero attached hydrogens (tertiary/aromatic N) is 4. The highest BCUT2D eigenvalue weighted by molar-refractivity contribution is 5.97. The van der Waals surface area contributed by atoms with Gasteiger partial charge in [0, 0.05) is 40.3 Å². The fraction of sp³-hybridized carbons (Fsp3) is 0.321. The fourth-order valence-corrected chi connectivity index (χ4v) is 4.70. The van der Waals surface area contributed by atoms with Gasteiger partial charge in [-0.1, -0.05) is 46.4 Å². The molecule has 3 aromatic heterocycles. The maximum Gasteiger partial charge on any atom is 0.350 e. The first kappa shape index (κ1) is 23.4. The largest absolute Gasteiger partial charge is 0.350 e. The van der Waals surface area contributed by atoms with E-state index in [4.69, 9.17) is 0 Å². The standard InChI is InChI=1S/C24H23N4.2C2H6/c1-6-8-20-15(7-2)16-13-17-18(14-22(16)27(20)5)24(3,4)28-21(17)10-9-19-23(28)26-12-11-25-19;2*1-2/h6-14H,2H2,1,3-5H3;2*1-2H3/q+1;;/b8-6-;;. The van der Waals surface area contributed by atoms with Crippen molar-refractivity contribution in [2.24, 2.45) is 7.05 Å². The molecule has 0 N–H and O–H groups in total. The molecule has 166 valence electrons. The lowest BCUT2D eigenvalue weighted by Crippen LogP contribution is -2.51. The molecular weight excluding hydrogens is 392 g/mol. The number of benzene rings is 1. The Balaban J connectivity index is 0.000000686. The summed E-state index contributed by atoms with van der Waals surface area (Å²) in [6, 6.07) is 8.88. The fourth-order valence-electron chi connectivity index (χ4n) is 4.70. The van der Waals surface area contributed by atoms with Crippen molar-refractivity contribution in [3.05, 3.63) is 66.1 Å². The van der Waals surface area contributed by atoms with Crippen molar-refractivity contribution in [2.75, 3.05) is 0 Å². The van der Waals surface area contributed by atoms with Gasteiger partial charge >= 0.3 is 5.65 Å². The Morgan fingerprint density at radius 2 is 1.72 bits per heavy atom. The maximum absolute atomic E-state index is 4.65. The minimum Gasteiger partial charge on any atom is -0.344 e. The van der Waals surface area contributed by atoms with E-state index in [9.17, 15) is 0 Å². The van der Waals surface area contributed by atoms with Gasteiger partial charge < -0.3 is 4.57 Å². The number of aromatic nitrogens is 4. The average molecular weight is 428 g/mol. The van der Waals surface area contributed by atoms with E-state index in [0.29, 0.717) is 0 Å². The quantitative estimate of drug-likeness (QED) is 0.326. The van der Waals surface area contributed by atoms with E-state index in [0.717, 1.165) is 11.2 Å². The molecule has 1 aliphatic heterocycles. The van der Waals surface area contributed by atoms with Crippen molar-refractivity contribution in [2.45, 2.75) is 54.0 Å². The zero-order valence-electron chi connectivity index (χ0n) is 20.7. The van der Waals surface area contributed by atoms with Gasteiger partial charge in [-0.25, -0.2) is 9.55 Å². The molecule has 0 atom stereocenters. The van der Waals surface area contributed by atoms with E-state index >= 15 is 0 Å². The van der Waals surface area contributed by atoms with Crippen LogP contribution in [-0.4, -0.2) is 14.5 Å². The number of hydrogen-bond acceptors (Lipinski definition) is 2. The second-order valence-corrected chi connectivity index (χ2v) is 7.86. The molecule has 0 aliphatic carbocycles. The van der Waals surface area contributed by atoms with Gasteiger partial charge in [-0.15, -0.1) is 0 Å². The molecule has 4 heterocycles. The maximum atomic E-state index is 4.65. The summed E-state index contributed by atoms with van der Waals surface area (Å²) < 4.78 is 4.58. The predicted molar refractivity (Wildman–Crippen MR) is 138 cm³/mol. The van der Waals surface area contributed by atoms with Crippen molar-refractivity contribution in [1.82, 2.24) is 14.5 Å². The lowest BCUT2D eigenvalue weighted by Gasteiger charge is -2.19. The minimum atomic E-state index is -0.215. The minimum absolute atomic E-state index is 0.215. The van der Waals surface area contributed by atoms with Crippen LogP contribution in [-0.2, 0) is 12.6 Å². The molecule has 32 heavy (non-hydrogen) atoms. The highest BCUT2D eigenvalue weighted by Gasteiger charge is 2.42. The van der Waals surface area contributed by atoms with E-state index in [1.807, 2.05) is 40.7 Å². The normalized spacial score (nSPS) is 13.2. The van der Waals surface area contributed by atoms with E-state index in [-0.39, 0.29) is 5.54 Å². The summed E-state index contributed by atoms with van der Waals surface area (Å²) in [6.07, 6.45) is 9.71. The lowest BCUT2D eigenvalue weighted by molar-refractivity contribution is -0.709. The molecule has 4 aromatic rings. The lowest BCUT2D eigenvalue weighted by atomic mass is 9.91. The molecule has 4 heteroatoms. The second-order valence-electron chi connectivity index (χ2n) is 7.86. The summed E-state index contributed by atoms with van der Waals surface area (Å²) in [4.78, 5) is 9.15. The number of hydrogen-bond donors (Lipinski definition) is 0. The van der Waals surface area contributed by atoms with Crippen LogP contribution in [0.3, 0.4) is 0 Å². The van der Waals surface area contributed by atoms with E-state index < -0.39 is 0 Å². The summed E-state index contributed by atoms with van der Waals surface area (Å²) in [5, 5.41) is 1.23. The summed E-state index contributed by atoms with van der Waals surface area (Å²) in [6.45, 7) is 18.6. The summed E-state index contributed by atoms with van der Waals surface area (Å²) in [7, 11) is 2.13. The van der Waals surface area contributed by atoms with Crippen LogP contribution in [0.5, 0.6) is 0 Å². The van der Waals surface area contributed by atoms with Gasteiger partial charge in [0.1, 0.15) is 11.2 Å². The predicted octanol–water partition coefficient (Wildman–Crippen LogP) is 6.90. The molecule has 0 fully saturated rings. The third kappa shape index (κ3) is 3.26. The third-order valence-corrected chi connectivity index (χ3v) is 6.01. The van der Waals surface area contributed by atoms with Crippen LogP contribution < -0.4 is 4.57 Å². The number of rotatable bonds is 2. The molecule has 1 aromatic carbocycles. The van der Waals surface area contributed by atoms with Crippen molar-refractivity contribution < 1.29 is 4.57 Å². The molecule has 5 rings (SSSR count). The van der Waals surface area contributed by atoms with Crippen LogP contribution in [0, 0.1) is 0 Å². The third-order valence-electron chi connectivity index (χ3n) is 6.01. The van der Waals surface area contributed by atoms with Gasteiger partial charge in [0.05, 0.1) is 6.20 Å². The molecule has 0 unspecified atom stereocenters. The number of aryl methyl sites for hydroxylation is 1. The zero-order valence-corrected chi connectivity index (χ0v) is 20.7. The van der Waals surface area contributed by atoms with Gasteiger partial charge in [-0.05, 0) is 56.1 Å². The SMILES string of the molecule is C=Cc1c(/C=C\C)n(C)c2cc3c(cc12)-c1ccc2nccnc2[n+]1C3(C)C.CC.CC. The second kappa shape index (κ2) is 9.07. The van der Waals surface area contributed by atoms with Gasteiger partial charge in [-0.3, -0.25) is 0 Å². The molecule has 0 bridgehead atoms. The smallest absolute Gasteiger partial charge is 0.344 e. The van der Waals surface area contributed by atoms with Crippen molar-refractivity contribution in [3.63, 3.8) is 0 Å². The molecule has 4 nitrogen and oxygen atoms in total. The average Bonchev–Trinajstić information content (AvgIpc) is 3.23. The zero-order chi connectivity index (χ0) is 23.6. The monoisotopic (exact) mass is 427 g/mol. The van der Waals surface area contributed by atoms with Crippen LogP contribution in [0.15, 0.2) is 49.3 Å². The van der Waals surface area contributed by atoms with Crippen LogP contribution in [0.1, 0.15) is 65.3 Å². The molecule has 1 aliphatic rings. The molecule has 0 spiro atoms. The molecule has 0 amide bonds. The van der Waals surface area contributed by atoms with Gasteiger partial charge in [0.2, 0.25) is 0 Å². The summed E-state index contributed by atoms with van der Waals surface area (Å²) >= 11 is 0. The van der Waals surface area contributed by atoms with E-state index in [2.05, 4.69) is 83.0 Å². The molecular formula is C28H35N4+. The van der Waals surface area contributed by atoms with Gasteiger partial charge in [-0.2, -0.15) is 0 Å². The summed E-state index contributed by atoms with van der Waals surface area (Å²) in [5.74, 6) is 0. The topological polar surface area (TPSA) is 34.6 Å². The highest BCUT2D eigenvalue weighted by atomic mass is 15.1. The first-order chi connectivity index (χ1) is 15.5. The first-order valence-corrected chi connectivity index (χ1v) is 11.6. The first-order valence-electron chi connectivity index (χ1n) is 11.6. The Bertz CT molecular complexity index is 1320. The number of allylic oxidation sites excluding steroid dienone is 1. The molecule has 0 saturated carbocycles. The highest BCUT2D eigenvalue weighted by Crippen LogP contribution is 2.42. The summed E-state index contributed by atoms with van der Waals surface area (Å²) in [5.41, 5.74) is 8.95. The van der Waals surface area contributed by atoms with Crippen molar-refractivity contribution >= 4 is 34.2 Å². The van der Waals surface area contributed by atoms with Gasteiger partial charge in [0.15, 0.2) is 11.7 Å². The Morgan fingerprint density at radius 1 is 1.03 bits per heavy atom. The van der Waals surface area contributed by atoms with Crippen LogP contribution >= 0.6 is 0 Å². The van der Waals surface area contributed by atoms with Crippen LogP contribution in [0.4, 0.5) is 0 Å². The van der Waals surface area contributed by atoms with Gasteiger partial charge in [0.25, 0.3) is 0 Å². The Labute approximate surface area is 192 Å². The van der Waals surface area contributed by atoms with Crippen LogP contribution in [0.25, 0.3) is 45.5 Å². The van der Waals surface area contributed by atoms with E-state index in [1.54, 1.807) is 12.4 Å². The van der Waals surface area contributed by atoms with E-state index in [1.165, 1.54) is 39.0 Å². The Kier molecular flexibility index (Phi) is 6.63. The van der Waals surface area contributed by atoms with Crippen molar-refractivity contribution in [1.29, 1.82) is 0 Å². The molecule has 0 radical (unpaired) electrons. The van der Waals surface area contributed by atoms with Crippen molar-refractivity contribution in [3.8, 4) is 11.3 Å².